The van der Waals surface area contributed by atoms with Crippen LogP contribution in [0.4, 0.5) is 4.39 Å². The van der Waals surface area contributed by atoms with Crippen LogP contribution in [0.25, 0.3) is 0 Å². The van der Waals surface area contributed by atoms with Gasteiger partial charge in [-0.1, -0.05) is 12.1 Å². The van der Waals surface area contributed by atoms with E-state index in [2.05, 4.69) is 5.32 Å². The Morgan fingerprint density at radius 1 is 1.57 bits per heavy atom. The van der Waals surface area contributed by atoms with E-state index in [0.717, 1.165) is 0 Å². The lowest BCUT2D eigenvalue weighted by Crippen LogP contribution is -2.48. The molecular weight excluding hydrogens is 183 g/mol. The number of halogens is 1. The summed E-state index contributed by atoms with van der Waals surface area (Å²) in [5.41, 5.74) is 4.73. The van der Waals surface area contributed by atoms with E-state index < -0.39 is 11.4 Å². The van der Waals surface area contributed by atoms with Crippen molar-refractivity contribution in [2.75, 3.05) is 7.05 Å². The molecule has 4 heteroatoms. The minimum Gasteiger partial charge on any atom is -0.368 e. The van der Waals surface area contributed by atoms with Crippen molar-refractivity contribution >= 4 is 5.91 Å². The Morgan fingerprint density at radius 3 is 2.64 bits per heavy atom. The summed E-state index contributed by atoms with van der Waals surface area (Å²) in [4.78, 5) is 11.2. The van der Waals surface area contributed by atoms with Gasteiger partial charge in [-0.15, -0.1) is 0 Å². The summed E-state index contributed by atoms with van der Waals surface area (Å²) in [7, 11) is 1.61. The molecule has 0 aliphatic rings. The standard InChI is InChI=1S/C10H13FN2O/c1-10(13-2,9(12)14)7-4-3-5-8(11)6-7/h3-6,13H,1-2H3,(H2,12,14). The quantitative estimate of drug-likeness (QED) is 0.749. The molecule has 0 radical (unpaired) electrons. The summed E-state index contributed by atoms with van der Waals surface area (Å²) < 4.78 is 12.9. The Balaban J connectivity index is 3.19. The number of nitrogens with two attached hydrogens (primary N) is 1. The highest BCUT2D eigenvalue weighted by atomic mass is 19.1. The zero-order valence-corrected chi connectivity index (χ0v) is 8.17. The van der Waals surface area contributed by atoms with Crippen LogP contribution in [-0.4, -0.2) is 13.0 Å². The maximum absolute atomic E-state index is 12.9. The molecule has 0 fully saturated rings. The fourth-order valence-electron chi connectivity index (χ4n) is 1.21. The van der Waals surface area contributed by atoms with Crippen LogP contribution in [0.15, 0.2) is 24.3 Å². The van der Waals surface area contributed by atoms with Gasteiger partial charge in [-0.2, -0.15) is 0 Å². The van der Waals surface area contributed by atoms with E-state index in [9.17, 15) is 9.18 Å². The van der Waals surface area contributed by atoms with Crippen LogP contribution >= 0.6 is 0 Å². The molecule has 0 spiro atoms. The number of benzene rings is 1. The van der Waals surface area contributed by atoms with E-state index in [-0.39, 0.29) is 5.82 Å². The normalized spacial score (nSPS) is 14.8. The molecule has 0 bridgehead atoms. The van der Waals surface area contributed by atoms with Gasteiger partial charge in [-0.25, -0.2) is 4.39 Å². The lowest BCUT2D eigenvalue weighted by molar-refractivity contribution is -0.123. The molecule has 14 heavy (non-hydrogen) atoms. The third kappa shape index (κ3) is 1.75. The molecule has 1 unspecified atom stereocenters. The molecule has 0 aromatic heterocycles. The van der Waals surface area contributed by atoms with Crippen LogP contribution in [0, 0.1) is 5.82 Å². The molecule has 3 nitrogen and oxygen atoms in total. The van der Waals surface area contributed by atoms with E-state index in [1.54, 1.807) is 26.1 Å². The summed E-state index contributed by atoms with van der Waals surface area (Å²) in [5.74, 6) is -0.921. The molecule has 0 saturated heterocycles. The lowest BCUT2D eigenvalue weighted by atomic mass is 9.91. The molecule has 1 aromatic carbocycles. The first-order valence-corrected chi connectivity index (χ1v) is 4.25. The van der Waals surface area contributed by atoms with Crippen LogP contribution in [0.3, 0.4) is 0 Å². The maximum atomic E-state index is 12.9. The number of primary amides is 1. The minimum atomic E-state index is -1.03. The van der Waals surface area contributed by atoms with Gasteiger partial charge in [0.2, 0.25) is 5.91 Å². The predicted molar refractivity (Wildman–Crippen MR) is 52.0 cm³/mol. The molecule has 0 aliphatic heterocycles. The van der Waals surface area contributed by atoms with Crippen molar-refractivity contribution in [2.24, 2.45) is 5.73 Å². The van der Waals surface area contributed by atoms with Crippen LogP contribution in [0.1, 0.15) is 12.5 Å². The first kappa shape index (κ1) is 10.7. The second-order valence-electron chi connectivity index (χ2n) is 3.25. The van der Waals surface area contributed by atoms with Crippen LogP contribution < -0.4 is 11.1 Å². The molecule has 1 atom stereocenters. The van der Waals surface area contributed by atoms with E-state index in [1.807, 2.05) is 0 Å². The Kier molecular flexibility index (Phi) is 2.86. The van der Waals surface area contributed by atoms with E-state index in [0.29, 0.717) is 5.56 Å². The Morgan fingerprint density at radius 2 is 2.21 bits per heavy atom. The molecular formula is C10H13FN2O. The number of carbonyl (C=O) groups is 1. The molecule has 0 heterocycles. The highest BCUT2D eigenvalue weighted by Gasteiger charge is 2.31. The predicted octanol–water partition coefficient (Wildman–Crippen LogP) is 0.746. The molecule has 0 aliphatic carbocycles. The summed E-state index contributed by atoms with van der Waals surface area (Å²) >= 11 is 0. The van der Waals surface area contributed by atoms with Crippen molar-refractivity contribution in [1.29, 1.82) is 0 Å². The third-order valence-electron chi connectivity index (χ3n) is 2.39. The maximum Gasteiger partial charge on any atom is 0.242 e. The summed E-state index contributed by atoms with van der Waals surface area (Å²) in [6.07, 6.45) is 0. The van der Waals surface area contributed by atoms with Gasteiger partial charge in [0.05, 0.1) is 0 Å². The molecule has 76 valence electrons. The van der Waals surface area contributed by atoms with Gasteiger partial charge >= 0.3 is 0 Å². The van der Waals surface area contributed by atoms with Crippen molar-refractivity contribution in [2.45, 2.75) is 12.5 Å². The molecule has 1 aromatic rings. The van der Waals surface area contributed by atoms with Crippen molar-refractivity contribution in [3.63, 3.8) is 0 Å². The Hall–Kier alpha value is -1.42. The average Bonchev–Trinajstić information content (AvgIpc) is 2.16. The van der Waals surface area contributed by atoms with Gasteiger partial charge in [0.1, 0.15) is 11.4 Å². The second kappa shape index (κ2) is 3.75. The molecule has 3 N–H and O–H groups in total. The van der Waals surface area contributed by atoms with Crippen molar-refractivity contribution < 1.29 is 9.18 Å². The fraction of sp³-hybridized carbons (Fsp3) is 0.300. The first-order chi connectivity index (χ1) is 6.50. The van der Waals surface area contributed by atoms with Crippen molar-refractivity contribution in [1.82, 2.24) is 5.32 Å². The lowest BCUT2D eigenvalue weighted by Gasteiger charge is -2.25. The summed E-state index contributed by atoms with van der Waals surface area (Å²) in [6, 6.07) is 5.81. The number of hydrogen-bond acceptors (Lipinski definition) is 2. The number of likely N-dealkylation sites (N-methyl/N-ethyl adjacent to an activating group) is 1. The van der Waals surface area contributed by atoms with E-state index >= 15 is 0 Å². The monoisotopic (exact) mass is 196 g/mol. The second-order valence-corrected chi connectivity index (χ2v) is 3.25. The topological polar surface area (TPSA) is 55.1 Å². The smallest absolute Gasteiger partial charge is 0.242 e. The fourth-order valence-corrected chi connectivity index (χ4v) is 1.21. The number of amides is 1. The number of carbonyl (C=O) groups excluding carboxylic acids is 1. The number of hydrogen-bond donors (Lipinski definition) is 2. The minimum absolute atomic E-state index is 0.384. The van der Waals surface area contributed by atoms with Crippen molar-refractivity contribution in [3.8, 4) is 0 Å². The van der Waals surface area contributed by atoms with Crippen LogP contribution in [-0.2, 0) is 10.3 Å². The van der Waals surface area contributed by atoms with Crippen molar-refractivity contribution in [3.05, 3.63) is 35.6 Å². The average molecular weight is 196 g/mol. The zero-order chi connectivity index (χ0) is 10.8. The van der Waals surface area contributed by atoms with Crippen LogP contribution in [0.2, 0.25) is 0 Å². The molecule has 1 amide bonds. The molecule has 0 saturated carbocycles. The highest BCUT2D eigenvalue weighted by molar-refractivity contribution is 5.85. The largest absolute Gasteiger partial charge is 0.368 e. The van der Waals surface area contributed by atoms with Crippen LogP contribution in [0.5, 0.6) is 0 Å². The Labute approximate surface area is 82.1 Å². The molecule has 1 rings (SSSR count). The van der Waals surface area contributed by atoms with Gasteiger partial charge in [-0.3, -0.25) is 4.79 Å². The third-order valence-corrected chi connectivity index (χ3v) is 2.39. The SMILES string of the molecule is CNC(C)(C(N)=O)c1cccc(F)c1. The summed E-state index contributed by atoms with van der Waals surface area (Å²) in [5, 5.41) is 2.78. The van der Waals surface area contributed by atoms with Gasteiger partial charge in [0, 0.05) is 0 Å². The summed E-state index contributed by atoms with van der Waals surface area (Å²) in [6.45, 7) is 1.62. The van der Waals surface area contributed by atoms with E-state index in [1.165, 1.54) is 12.1 Å². The van der Waals surface area contributed by atoms with Gasteiger partial charge in [0.25, 0.3) is 0 Å². The number of nitrogens with one attached hydrogen (secondary N) is 1. The van der Waals surface area contributed by atoms with Gasteiger partial charge < -0.3 is 11.1 Å². The van der Waals surface area contributed by atoms with Gasteiger partial charge in [0.15, 0.2) is 0 Å². The zero-order valence-electron chi connectivity index (χ0n) is 8.17. The first-order valence-electron chi connectivity index (χ1n) is 4.25. The van der Waals surface area contributed by atoms with E-state index in [4.69, 9.17) is 5.73 Å². The highest BCUT2D eigenvalue weighted by Crippen LogP contribution is 2.20. The number of rotatable bonds is 3. The Bertz CT molecular complexity index is 354. The van der Waals surface area contributed by atoms with Gasteiger partial charge in [-0.05, 0) is 31.7 Å².